The fraction of sp³-hybridized carbons (Fsp3) is 0.833. The van der Waals surface area contributed by atoms with E-state index in [1.165, 1.54) is 11.8 Å². The minimum Gasteiger partial charge on any atom is -0.395 e. The highest BCUT2D eigenvalue weighted by Crippen LogP contribution is 1.88. The van der Waals surface area contributed by atoms with Crippen LogP contribution in [-0.4, -0.2) is 42.2 Å². The number of hydrogen-bond donors (Lipinski definition) is 1. The summed E-state index contributed by atoms with van der Waals surface area (Å²) < 4.78 is 0. The molecule has 0 atom stereocenters. The van der Waals surface area contributed by atoms with Gasteiger partial charge in [0, 0.05) is 20.0 Å². The molecule has 0 unspecified atom stereocenters. The van der Waals surface area contributed by atoms with Gasteiger partial charge in [-0.1, -0.05) is 5.18 Å². The van der Waals surface area contributed by atoms with Crippen molar-refractivity contribution < 1.29 is 9.90 Å². The van der Waals surface area contributed by atoms with Crippen molar-refractivity contribution in [3.05, 3.63) is 4.91 Å². The summed E-state index contributed by atoms with van der Waals surface area (Å²) in [7, 11) is 0. The molecule has 0 aliphatic carbocycles. The molecule has 11 heavy (non-hydrogen) atoms. The lowest BCUT2D eigenvalue weighted by molar-refractivity contribution is -0.129. The van der Waals surface area contributed by atoms with Crippen molar-refractivity contribution in [2.24, 2.45) is 5.18 Å². The number of carbonyl (C=O) groups is 1. The van der Waals surface area contributed by atoms with E-state index in [9.17, 15) is 9.70 Å². The Labute approximate surface area is 65.0 Å². The molecule has 0 bridgehead atoms. The van der Waals surface area contributed by atoms with Gasteiger partial charge in [-0.2, -0.15) is 4.91 Å². The van der Waals surface area contributed by atoms with Gasteiger partial charge in [-0.25, -0.2) is 0 Å². The maximum absolute atomic E-state index is 10.7. The van der Waals surface area contributed by atoms with Crippen LogP contribution in [0.1, 0.15) is 6.92 Å². The Kier molecular flexibility index (Phi) is 5.28. The third kappa shape index (κ3) is 4.44. The molecule has 0 radical (unpaired) electrons. The molecule has 0 heterocycles. The Bertz CT molecular complexity index is 138. The van der Waals surface area contributed by atoms with Crippen molar-refractivity contribution in [1.82, 2.24) is 4.90 Å². The smallest absolute Gasteiger partial charge is 0.219 e. The van der Waals surface area contributed by atoms with Gasteiger partial charge >= 0.3 is 0 Å². The minimum absolute atomic E-state index is 0.0829. The van der Waals surface area contributed by atoms with Gasteiger partial charge < -0.3 is 10.0 Å². The highest BCUT2D eigenvalue weighted by atomic mass is 16.3. The molecule has 0 aromatic rings. The molecule has 0 aliphatic heterocycles. The molecule has 0 saturated carbocycles. The molecule has 5 nitrogen and oxygen atoms in total. The van der Waals surface area contributed by atoms with E-state index in [2.05, 4.69) is 5.18 Å². The number of aliphatic hydroxyl groups excluding tert-OH is 1. The topological polar surface area (TPSA) is 70.0 Å². The normalized spacial score (nSPS) is 9.27. The van der Waals surface area contributed by atoms with Crippen LogP contribution in [0.4, 0.5) is 0 Å². The van der Waals surface area contributed by atoms with Crippen molar-refractivity contribution in [3.8, 4) is 0 Å². The molecular weight excluding hydrogens is 148 g/mol. The SMILES string of the molecule is CC(=O)N(CCO)CCN=O. The molecule has 64 valence electrons. The van der Waals surface area contributed by atoms with Crippen LogP contribution in [0.3, 0.4) is 0 Å². The number of aliphatic hydroxyl groups is 1. The zero-order valence-corrected chi connectivity index (χ0v) is 6.49. The third-order valence-electron chi connectivity index (χ3n) is 1.28. The number of hydrogen-bond acceptors (Lipinski definition) is 4. The second-order valence-corrected chi connectivity index (χ2v) is 2.08. The lowest BCUT2D eigenvalue weighted by Gasteiger charge is -2.17. The fourth-order valence-corrected chi connectivity index (χ4v) is 0.709. The predicted molar refractivity (Wildman–Crippen MR) is 40.0 cm³/mol. The van der Waals surface area contributed by atoms with Gasteiger partial charge in [-0.05, 0) is 0 Å². The van der Waals surface area contributed by atoms with E-state index < -0.39 is 0 Å². The Morgan fingerprint density at radius 2 is 2.18 bits per heavy atom. The van der Waals surface area contributed by atoms with Crippen LogP contribution in [0, 0.1) is 4.91 Å². The summed E-state index contributed by atoms with van der Waals surface area (Å²) >= 11 is 0. The van der Waals surface area contributed by atoms with Crippen molar-refractivity contribution in [3.63, 3.8) is 0 Å². The van der Waals surface area contributed by atoms with E-state index >= 15 is 0 Å². The van der Waals surface area contributed by atoms with Crippen LogP contribution in [-0.2, 0) is 4.79 Å². The van der Waals surface area contributed by atoms with Crippen molar-refractivity contribution >= 4 is 5.91 Å². The lowest BCUT2D eigenvalue weighted by atomic mass is 10.4. The quantitative estimate of drug-likeness (QED) is 0.556. The highest BCUT2D eigenvalue weighted by Gasteiger charge is 2.05. The number of nitrogens with zero attached hydrogens (tertiary/aromatic N) is 2. The Hall–Kier alpha value is -0.970. The van der Waals surface area contributed by atoms with Gasteiger partial charge in [-0.3, -0.25) is 4.79 Å². The Morgan fingerprint density at radius 1 is 1.55 bits per heavy atom. The average Bonchev–Trinajstić information content (AvgIpc) is 1.97. The first-order valence-electron chi connectivity index (χ1n) is 3.38. The first kappa shape index (κ1) is 10.0. The summed E-state index contributed by atoms with van der Waals surface area (Å²) in [5, 5.41) is 11.1. The van der Waals surface area contributed by atoms with Crippen molar-refractivity contribution in [2.45, 2.75) is 6.92 Å². The largest absolute Gasteiger partial charge is 0.395 e. The lowest BCUT2D eigenvalue weighted by Crippen LogP contribution is -2.33. The number of rotatable bonds is 5. The summed E-state index contributed by atoms with van der Waals surface area (Å²) in [6.45, 7) is 1.95. The summed E-state index contributed by atoms with van der Waals surface area (Å²) in [4.78, 5) is 21.8. The van der Waals surface area contributed by atoms with E-state index in [0.717, 1.165) is 0 Å². The van der Waals surface area contributed by atoms with E-state index in [0.29, 0.717) is 6.54 Å². The van der Waals surface area contributed by atoms with Gasteiger partial charge in [0.05, 0.1) is 13.2 Å². The van der Waals surface area contributed by atoms with Crippen LogP contribution in [0.25, 0.3) is 0 Å². The third-order valence-corrected chi connectivity index (χ3v) is 1.28. The highest BCUT2D eigenvalue weighted by molar-refractivity contribution is 5.73. The average molecular weight is 160 g/mol. The van der Waals surface area contributed by atoms with Gasteiger partial charge in [0.2, 0.25) is 5.91 Å². The molecule has 0 spiro atoms. The molecule has 0 aliphatic rings. The Balaban J connectivity index is 3.68. The van der Waals surface area contributed by atoms with Gasteiger partial charge in [0.25, 0.3) is 0 Å². The number of nitroso groups, excluding NO2 is 1. The number of amides is 1. The monoisotopic (exact) mass is 160 g/mol. The zero-order chi connectivity index (χ0) is 8.69. The summed E-state index contributed by atoms with van der Waals surface area (Å²) in [5.41, 5.74) is 0. The molecular formula is C6H12N2O3. The summed E-state index contributed by atoms with van der Waals surface area (Å²) in [6.07, 6.45) is 0. The van der Waals surface area contributed by atoms with Gasteiger partial charge in [0.15, 0.2) is 0 Å². The maximum Gasteiger partial charge on any atom is 0.219 e. The molecule has 0 aromatic heterocycles. The summed E-state index contributed by atoms with van der Waals surface area (Å²) in [6, 6.07) is 0. The molecule has 1 amide bonds. The molecule has 0 aromatic carbocycles. The summed E-state index contributed by atoms with van der Waals surface area (Å²) in [5.74, 6) is -0.150. The van der Waals surface area contributed by atoms with Crippen LogP contribution < -0.4 is 0 Å². The standard InChI is InChI=1S/C6H12N2O3/c1-6(10)8(4-5-9)3-2-7-11/h9H,2-5H2,1H3. The van der Waals surface area contributed by atoms with E-state index in [1.807, 2.05) is 0 Å². The van der Waals surface area contributed by atoms with Crippen LogP contribution in [0.15, 0.2) is 5.18 Å². The van der Waals surface area contributed by atoms with E-state index in [1.54, 1.807) is 0 Å². The first-order chi connectivity index (χ1) is 5.22. The first-order valence-corrected chi connectivity index (χ1v) is 3.38. The van der Waals surface area contributed by atoms with Gasteiger partial charge in [0.1, 0.15) is 0 Å². The molecule has 5 heteroatoms. The van der Waals surface area contributed by atoms with Crippen LogP contribution in [0.2, 0.25) is 0 Å². The second-order valence-electron chi connectivity index (χ2n) is 2.08. The van der Waals surface area contributed by atoms with Crippen molar-refractivity contribution in [2.75, 3.05) is 26.2 Å². The van der Waals surface area contributed by atoms with E-state index in [4.69, 9.17) is 5.11 Å². The molecule has 1 N–H and O–H groups in total. The fourth-order valence-electron chi connectivity index (χ4n) is 0.709. The van der Waals surface area contributed by atoms with Gasteiger partial charge in [-0.15, -0.1) is 0 Å². The van der Waals surface area contributed by atoms with Crippen LogP contribution >= 0.6 is 0 Å². The molecule has 0 rings (SSSR count). The van der Waals surface area contributed by atoms with E-state index in [-0.39, 0.29) is 25.6 Å². The number of carbonyl (C=O) groups excluding carboxylic acids is 1. The van der Waals surface area contributed by atoms with Crippen LogP contribution in [0.5, 0.6) is 0 Å². The second kappa shape index (κ2) is 5.79. The molecule has 0 saturated heterocycles. The zero-order valence-electron chi connectivity index (χ0n) is 6.49. The minimum atomic E-state index is -0.150. The molecule has 0 fully saturated rings. The Morgan fingerprint density at radius 3 is 2.55 bits per heavy atom. The van der Waals surface area contributed by atoms with Crippen molar-refractivity contribution in [1.29, 1.82) is 0 Å². The maximum atomic E-state index is 10.7. The predicted octanol–water partition coefficient (Wildman–Crippen LogP) is -0.406.